The molecule has 0 radical (unpaired) electrons. The largest absolute Gasteiger partial charge is 0.391 e. The molecule has 0 atom stereocenters. The second-order valence-electron chi connectivity index (χ2n) is 14.2. The highest BCUT2D eigenvalue weighted by atomic mass is 28.4. The lowest BCUT2D eigenvalue weighted by Gasteiger charge is -2.29. The molecule has 0 saturated heterocycles. The smallest absolute Gasteiger partial charge is 0.369 e. The molecule has 0 fully saturated rings. The zero-order valence-corrected chi connectivity index (χ0v) is 33.2. The summed E-state index contributed by atoms with van der Waals surface area (Å²) in [6.45, 7) is 20.5. The molecule has 0 saturated carbocycles. The summed E-state index contributed by atoms with van der Waals surface area (Å²) in [5, 5.41) is 1.13. The van der Waals surface area contributed by atoms with Gasteiger partial charge >= 0.3 is 8.56 Å². The van der Waals surface area contributed by atoms with Gasteiger partial charge in [-0.25, -0.2) is 0 Å². The lowest BCUT2D eigenvalue weighted by Crippen LogP contribution is -2.51. The molecule has 0 bridgehead atoms. The average molecular weight is 705 g/mol. The van der Waals surface area contributed by atoms with Crippen LogP contribution in [-0.2, 0) is 8.85 Å². The quantitative estimate of drug-likeness (QED) is 0.118. The van der Waals surface area contributed by atoms with Gasteiger partial charge in [0.15, 0.2) is 0 Å². The molecule has 0 unspecified atom stereocenters. The van der Waals surface area contributed by atoms with Crippen molar-refractivity contribution in [2.75, 3.05) is 23.0 Å². The molecule has 0 amide bonds. The van der Waals surface area contributed by atoms with Crippen LogP contribution in [0.3, 0.4) is 0 Å². The van der Waals surface area contributed by atoms with Gasteiger partial charge in [-0.1, -0.05) is 54.6 Å². The van der Waals surface area contributed by atoms with Crippen LogP contribution in [0.4, 0.5) is 34.1 Å². The van der Waals surface area contributed by atoms with Crippen molar-refractivity contribution in [3.8, 4) is 11.1 Å². The van der Waals surface area contributed by atoms with Crippen LogP contribution in [0.1, 0.15) is 47.2 Å². The maximum absolute atomic E-state index is 6.20. The third-order valence-corrected chi connectivity index (χ3v) is 12.5. The van der Waals surface area contributed by atoms with Crippen molar-refractivity contribution in [2.45, 2.75) is 61.9 Å². The van der Waals surface area contributed by atoms with Gasteiger partial charge in [0.2, 0.25) is 0 Å². The normalized spacial score (nSPS) is 11.5. The summed E-state index contributed by atoms with van der Waals surface area (Å²) >= 11 is 0. The van der Waals surface area contributed by atoms with Gasteiger partial charge in [0.05, 0.1) is 0 Å². The number of benzene rings is 6. The molecule has 4 nitrogen and oxygen atoms in total. The van der Waals surface area contributed by atoms with Crippen molar-refractivity contribution >= 4 is 47.9 Å². The number of aryl methyl sites for hydroxylation is 6. The molecule has 6 aromatic rings. The Morgan fingerprint density at radius 3 is 0.942 bits per heavy atom. The summed E-state index contributed by atoms with van der Waals surface area (Å²) in [6, 6.07) is 46.9. The number of nitrogens with zero attached hydrogens (tertiary/aromatic N) is 2. The summed E-state index contributed by atoms with van der Waals surface area (Å²) < 4.78 is 12.4. The molecule has 266 valence electrons. The van der Waals surface area contributed by atoms with Crippen LogP contribution >= 0.6 is 0 Å². The predicted molar refractivity (Wildman–Crippen MR) is 224 cm³/mol. The third-order valence-electron chi connectivity index (χ3n) is 9.47. The molecule has 0 aromatic heterocycles. The summed E-state index contributed by atoms with van der Waals surface area (Å²) in [7, 11) is -2.49. The zero-order chi connectivity index (χ0) is 37.0. The average Bonchev–Trinajstić information content (AvgIpc) is 3.08. The molecular weight excluding hydrogens is 653 g/mol. The molecule has 0 N–H and O–H groups in total. The molecule has 5 heteroatoms. The minimum absolute atomic E-state index is 0.630. The van der Waals surface area contributed by atoms with E-state index >= 15 is 0 Å². The van der Waals surface area contributed by atoms with E-state index in [2.05, 4.69) is 185 Å². The molecule has 52 heavy (non-hydrogen) atoms. The highest BCUT2D eigenvalue weighted by Gasteiger charge is 2.33. The van der Waals surface area contributed by atoms with Gasteiger partial charge in [0.25, 0.3) is 0 Å². The lowest BCUT2D eigenvalue weighted by molar-refractivity contribution is 0.202. The van der Waals surface area contributed by atoms with Crippen LogP contribution in [0, 0.1) is 41.5 Å². The lowest BCUT2D eigenvalue weighted by atomic mass is 10.0. The van der Waals surface area contributed by atoms with Gasteiger partial charge in [-0.2, -0.15) is 0 Å². The summed E-state index contributed by atoms with van der Waals surface area (Å²) in [4.78, 5) is 4.70. The first kappa shape index (κ1) is 36.8. The van der Waals surface area contributed by atoms with Crippen LogP contribution in [0.2, 0.25) is 6.55 Å². The van der Waals surface area contributed by atoms with E-state index in [0.717, 1.165) is 27.9 Å². The van der Waals surface area contributed by atoms with E-state index in [1.807, 2.05) is 13.8 Å². The van der Waals surface area contributed by atoms with Gasteiger partial charge in [0, 0.05) is 47.3 Å². The molecular formula is C47H52N2O2Si. The van der Waals surface area contributed by atoms with Crippen molar-refractivity contribution in [3.63, 3.8) is 0 Å². The second-order valence-corrected chi connectivity index (χ2v) is 17.2. The number of anilines is 6. The fourth-order valence-corrected chi connectivity index (χ4v) is 9.70. The van der Waals surface area contributed by atoms with E-state index in [-0.39, 0.29) is 0 Å². The van der Waals surface area contributed by atoms with Gasteiger partial charge in [-0.3, -0.25) is 0 Å². The Morgan fingerprint density at radius 1 is 0.385 bits per heavy atom. The fraction of sp³-hybridized carbons (Fsp3) is 0.234. The van der Waals surface area contributed by atoms with E-state index in [1.54, 1.807) is 0 Å². The topological polar surface area (TPSA) is 24.9 Å². The fourth-order valence-electron chi connectivity index (χ4n) is 7.41. The number of rotatable bonds is 12. The minimum Gasteiger partial charge on any atom is -0.391 e. The standard InChI is InChI=1S/C47H52N2O2Si/c1-10-50-52(9,51-11-2)47-22-20-43(21-23-47)48(44-27-33(3)24-34(4)28-44)41-16-12-39(13-17-41)40-14-18-42(19-15-40)49(45-29-35(5)25-36(6)30-45)46-31-37(7)26-38(8)32-46/h12-32H,10-11H2,1-9H3. The third kappa shape index (κ3) is 8.23. The van der Waals surface area contributed by atoms with Crippen LogP contribution in [0.5, 0.6) is 0 Å². The highest BCUT2D eigenvalue weighted by Crippen LogP contribution is 2.39. The first-order valence-electron chi connectivity index (χ1n) is 18.4. The molecule has 0 spiro atoms. The van der Waals surface area contributed by atoms with E-state index in [0.29, 0.717) is 13.2 Å². The Balaban J connectivity index is 1.35. The Labute approximate surface area is 312 Å². The first-order chi connectivity index (χ1) is 25.0. The first-order valence-corrected chi connectivity index (χ1v) is 20.7. The van der Waals surface area contributed by atoms with Crippen molar-refractivity contribution in [2.24, 2.45) is 0 Å². The SMILES string of the molecule is CCO[Si](C)(OCC)c1ccc(N(c2ccc(-c3ccc(N(c4cc(C)cc(C)c4)c4cc(C)cc(C)c4)cc3)cc2)c2cc(C)cc(C)c2)cc1. The van der Waals surface area contributed by atoms with Crippen molar-refractivity contribution in [1.29, 1.82) is 0 Å². The monoisotopic (exact) mass is 704 g/mol. The number of hydrogen-bond donors (Lipinski definition) is 0. The van der Waals surface area contributed by atoms with Crippen molar-refractivity contribution in [1.82, 2.24) is 0 Å². The molecule has 0 aliphatic carbocycles. The Hall–Kier alpha value is -4.94. The molecule has 0 heterocycles. The maximum Gasteiger partial charge on any atom is 0.369 e. The van der Waals surface area contributed by atoms with Crippen LogP contribution in [0.15, 0.2) is 127 Å². The van der Waals surface area contributed by atoms with Crippen LogP contribution < -0.4 is 15.0 Å². The van der Waals surface area contributed by atoms with Crippen LogP contribution in [0.25, 0.3) is 11.1 Å². The van der Waals surface area contributed by atoms with Gasteiger partial charge in [-0.05, 0) is 184 Å². The Morgan fingerprint density at radius 2 is 0.654 bits per heavy atom. The summed E-state index contributed by atoms with van der Waals surface area (Å²) in [5.41, 5.74) is 16.6. The van der Waals surface area contributed by atoms with Crippen molar-refractivity contribution < 1.29 is 8.85 Å². The molecule has 0 aliphatic heterocycles. The predicted octanol–water partition coefficient (Wildman–Crippen LogP) is 12.5. The Kier molecular flexibility index (Phi) is 11.2. The van der Waals surface area contributed by atoms with Gasteiger partial charge < -0.3 is 18.7 Å². The van der Waals surface area contributed by atoms with Gasteiger partial charge in [0.1, 0.15) is 0 Å². The zero-order valence-electron chi connectivity index (χ0n) is 32.2. The number of hydrogen-bond acceptors (Lipinski definition) is 4. The maximum atomic E-state index is 6.20. The molecule has 6 aromatic carbocycles. The van der Waals surface area contributed by atoms with Crippen molar-refractivity contribution in [3.05, 3.63) is 161 Å². The highest BCUT2D eigenvalue weighted by molar-refractivity contribution is 6.80. The second kappa shape index (κ2) is 15.7. The molecule has 6 rings (SSSR count). The van der Waals surface area contributed by atoms with Crippen LogP contribution in [-0.4, -0.2) is 21.8 Å². The van der Waals surface area contributed by atoms with Gasteiger partial charge in [-0.15, -0.1) is 0 Å². The molecule has 0 aliphatic rings. The summed E-state index contributed by atoms with van der Waals surface area (Å²) in [5.74, 6) is 0. The van der Waals surface area contributed by atoms with E-state index in [4.69, 9.17) is 8.85 Å². The Bertz CT molecular complexity index is 2020. The van der Waals surface area contributed by atoms with E-state index < -0.39 is 8.56 Å². The minimum atomic E-state index is -2.49. The summed E-state index contributed by atoms with van der Waals surface area (Å²) in [6.07, 6.45) is 0. The van der Waals surface area contributed by atoms with E-state index in [1.165, 1.54) is 55.9 Å². The van der Waals surface area contributed by atoms with E-state index in [9.17, 15) is 0 Å².